The van der Waals surface area contributed by atoms with Crippen LogP contribution in [0, 0.1) is 5.82 Å². The van der Waals surface area contributed by atoms with Gasteiger partial charge in [0.2, 0.25) is 0 Å². The summed E-state index contributed by atoms with van der Waals surface area (Å²) in [5, 5.41) is 0. The monoisotopic (exact) mass is 273 g/mol. The van der Waals surface area contributed by atoms with Crippen LogP contribution in [0.5, 0.6) is 0 Å². The van der Waals surface area contributed by atoms with E-state index in [1.807, 2.05) is 4.90 Å². The van der Waals surface area contributed by atoms with Gasteiger partial charge in [0.05, 0.1) is 17.9 Å². The number of hydrogen-bond acceptors (Lipinski definition) is 2. The third-order valence-corrected chi connectivity index (χ3v) is 3.79. The van der Waals surface area contributed by atoms with Crippen LogP contribution in [0.4, 0.5) is 4.39 Å². The molecule has 1 aromatic carbocycles. The number of carbonyl (C=O) groups excluding carboxylic acids is 1. The van der Waals surface area contributed by atoms with E-state index < -0.39 is 0 Å². The van der Waals surface area contributed by atoms with Crippen LogP contribution in [-0.4, -0.2) is 17.4 Å². The molecule has 0 spiro atoms. The summed E-state index contributed by atoms with van der Waals surface area (Å²) in [6.45, 7) is 0.728. The molecule has 3 rings (SSSR count). The maximum atomic E-state index is 13.0. The van der Waals surface area contributed by atoms with Gasteiger partial charge in [0.25, 0.3) is 5.91 Å². The number of furan rings is 1. The summed E-state index contributed by atoms with van der Waals surface area (Å²) in [6, 6.07) is 8.13. The van der Waals surface area contributed by atoms with Crippen molar-refractivity contribution in [3.05, 3.63) is 59.8 Å². The molecule has 104 valence electrons. The number of nitrogens with zero attached hydrogens (tertiary/aromatic N) is 1. The first-order chi connectivity index (χ1) is 9.75. The predicted octanol–water partition coefficient (Wildman–Crippen LogP) is 3.79. The fourth-order valence-electron chi connectivity index (χ4n) is 2.76. The van der Waals surface area contributed by atoms with Crippen molar-refractivity contribution in [3.63, 3.8) is 0 Å². The number of piperidine rings is 1. The lowest BCUT2D eigenvalue weighted by molar-refractivity contribution is 0.0611. The van der Waals surface area contributed by atoms with Crippen LogP contribution in [0.25, 0.3) is 0 Å². The van der Waals surface area contributed by atoms with Gasteiger partial charge >= 0.3 is 0 Å². The van der Waals surface area contributed by atoms with Gasteiger partial charge in [0.15, 0.2) is 0 Å². The number of benzene rings is 1. The summed E-state index contributed by atoms with van der Waals surface area (Å²) in [5.41, 5.74) is 1.56. The Morgan fingerprint density at radius 3 is 2.70 bits per heavy atom. The smallest absolute Gasteiger partial charge is 0.257 e. The minimum atomic E-state index is -0.253. The number of carbonyl (C=O) groups is 1. The summed E-state index contributed by atoms with van der Waals surface area (Å²) in [6.07, 6.45) is 5.97. The molecule has 1 aromatic heterocycles. The second kappa shape index (κ2) is 5.49. The average Bonchev–Trinajstić information content (AvgIpc) is 3.02. The lowest BCUT2D eigenvalue weighted by Gasteiger charge is -2.36. The Bertz CT molecular complexity index is 577. The standard InChI is InChI=1S/C16H16FNO2/c17-14-6-4-12(5-7-14)15-3-1-2-9-18(15)16(19)13-8-10-20-11-13/h4-8,10-11,15H,1-3,9H2/t15-/m0/s1. The van der Waals surface area contributed by atoms with Crippen LogP contribution in [-0.2, 0) is 0 Å². The van der Waals surface area contributed by atoms with Gasteiger partial charge in [0, 0.05) is 6.54 Å². The summed E-state index contributed by atoms with van der Waals surface area (Å²) in [4.78, 5) is 14.4. The highest BCUT2D eigenvalue weighted by Crippen LogP contribution is 2.32. The topological polar surface area (TPSA) is 33.5 Å². The molecule has 0 aliphatic carbocycles. The molecule has 2 aromatic rings. The maximum Gasteiger partial charge on any atom is 0.257 e. The minimum absolute atomic E-state index is 0.0201. The highest BCUT2D eigenvalue weighted by molar-refractivity contribution is 5.94. The van der Waals surface area contributed by atoms with Gasteiger partial charge in [-0.1, -0.05) is 12.1 Å². The van der Waals surface area contributed by atoms with E-state index in [-0.39, 0.29) is 17.8 Å². The molecule has 4 heteroatoms. The van der Waals surface area contributed by atoms with Gasteiger partial charge in [0.1, 0.15) is 12.1 Å². The van der Waals surface area contributed by atoms with Gasteiger partial charge in [-0.2, -0.15) is 0 Å². The summed E-state index contributed by atoms with van der Waals surface area (Å²) >= 11 is 0. The molecular weight excluding hydrogens is 257 g/mol. The number of likely N-dealkylation sites (tertiary alicyclic amines) is 1. The van der Waals surface area contributed by atoms with Crippen molar-refractivity contribution in [3.8, 4) is 0 Å². The molecule has 1 saturated heterocycles. The van der Waals surface area contributed by atoms with Crippen LogP contribution in [0.3, 0.4) is 0 Å². The maximum absolute atomic E-state index is 13.0. The Labute approximate surface area is 117 Å². The highest BCUT2D eigenvalue weighted by atomic mass is 19.1. The van der Waals surface area contributed by atoms with Crippen LogP contribution in [0.2, 0.25) is 0 Å². The molecule has 1 aliphatic heterocycles. The molecule has 2 heterocycles. The predicted molar refractivity (Wildman–Crippen MR) is 72.7 cm³/mol. The average molecular weight is 273 g/mol. The van der Waals surface area contributed by atoms with E-state index >= 15 is 0 Å². The third-order valence-electron chi connectivity index (χ3n) is 3.79. The van der Waals surface area contributed by atoms with Gasteiger partial charge in [-0.3, -0.25) is 4.79 Å². The van der Waals surface area contributed by atoms with Crippen molar-refractivity contribution in [1.29, 1.82) is 0 Å². The molecule has 1 amide bonds. The van der Waals surface area contributed by atoms with E-state index in [9.17, 15) is 9.18 Å². The van der Waals surface area contributed by atoms with Gasteiger partial charge in [-0.05, 0) is 43.0 Å². The fourth-order valence-corrected chi connectivity index (χ4v) is 2.76. The molecule has 1 atom stereocenters. The Morgan fingerprint density at radius 1 is 1.20 bits per heavy atom. The molecule has 20 heavy (non-hydrogen) atoms. The molecule has 1 aliphatic rings. The van der Waals surface area contributed by atoms with E-state index in [1.54, 1.807) is 18.2 Å². The molecule has 0 saturated carbocycles. The fraction of sp³-hybridized carbons (Fsp3) is 0.312. The minimum Gasteiger partial charge on any atom is -0.472 e. The highest BCUT2D eigenvalue weighted by Gasteiger charge is 2.29. The zero-order chi connectivity index (χ0) is 13.9. The second-order valence-electron chi connectivity index (χ2n) is 5.07. The van der Waals surface area contributed by atoms with Crippen molar-refractivity contribution < 1.29 is 13.6 Å². The van der Waals surface area contributed by atoms with Crippen molar-refractivity contribution in [2.45, 2.75) is 25.3 Å². The van der Waals surface area contributed by atoms with Crippen LogP contribution >= 0.6 is 0 Å². The Kier molecular flexibility index (Phi) is 3.54. The molecule has 0 radical (unpaired) electrons. The zero-order valence-corrected chi connectivity index (χ0v) is 11.1. The first-order valence-electron chi connectivity index (χ1n) is 6.84. The van der Waals surface area contributed by atoms with E-state index in [2.05, 4.69) is 0 Å². The normalized spacial score (nSPS) is 19.1. The van der Waals surface area contributed by atoms with Gasteiger partial charge in [-0.25, -0.2) is 4.39 Å². The van der Waals surface area contributed by atoms with Gasteiger partial charge < -0.3 is 9.32 Å². The van der Waals surface area contributed by atoms with Crippen molar-refractivity contribution in [2.75, 3.05) is 6.54 Å². The summed E-state index contributed by atoms with van der Waals surface area (Å²) in [7, 11) is 0. The lowest BCUT2D eigenvalue weighted by atomic mass is 9.94. The van der Waals surface area contributed by atoms with E-state index in [0.29, 0.717) is 5.56 Å². The van der Waals surface area contributed by atoms with E-state index in [4.69, 9.17) is 4.42 Å². The molecular formula is C16H16FNO2. The van der Waals surface area contributed by atoms with Crippen molar-refractivity contribution in [1.82, 2.24) is 4.90 Å². The molecule has 3 nitrogen and oxygen atoms in total. The number of amides is 1. The SMILES string of the molecule is O=C(c1ccoc1)N1CCCC[C@H]1c1ccc(F)cc1. The van der Waals surface area contributed by atoms with Crippen molar-refractivity contribution in [2.24, 2.45) is 0 Å². The quantitative estimate of drug-likeness (QED) is 0.834. The first-order valence-corrected chi connectivity index (χ1v) is 6.84. The molecule has 0 N–H and O–H groups in total. The summed E-state index contributed by atoms with van der Waals surface area (Å²) in [5.74, 6) is -0.273. The summed E-state index contributed by atoms with van der Waals surface area (Å²) < 4.78 is 18.0. The molecule has 0 bridgehead atoms. The number of hydrogen-bond donors (Lipinski definition) is 0. The lowest BCUT2D eigenvalue weighted by Crippen LogP contribution is -2.38. The first kappa shape index (κ1) is 12.9. The Hall–Kier alpha value is -2.10. The number of rotatable bonds is 2. The second-order valence-corrected chi connectivity index (χ2v) is 5.07. The number of halogens is 1. The third kappa shape index (κ3) is 2.46. The zero-order valence-electron chi connectivity index (χ0n) is 11.1. The van der Waals surface area contributed by atoms with E-state index in [0.717, 1.165) is 31.4 Å². The molecule has 0 unspecified atom stereocenters. The Balaban J connectivity index is 1.87. The molecule has 1 fully saturated rings. The van der Waals surface area contributed by atoms with Crippen LogP contribution < -0.4 is 0 Å². The Morgan fingerprint density at radius 2 is 2.00 bits per heavy atom. The van der Waals surface area contributed by atoms with Gasteiger partial charge in [-0.15, -0.1) is 0 Å². The van der Waals surface area contributed by atoms with Crippen LogP contribution in [0.1, 0.15) is 41.2 Å². The van der Waals surface area contributed by atoms with Crippen molar-refractivity contribution >= 4 is 5.91 Å². The van der Waals surface area contributed by atoms with E-state index in [1.165, 1.54) is 24.7 Å². The largest absolute Gasteiger partial charge is 0.472 e. The van der Waals surface area contributed by atoms with Crippen LogP contribution in [0.15, 0.2) is 47.3 Å².